The summed E-state index contributed by atoms with van der Waals surface area (Å²) in [6, 6.07) is 3.09. The van der Waals surface area contributed by atoms with Gasteiger partial charge in [-0.05, 0) is 44.7 Å². The van der Waals surface area contributed by atoms with Gasteiger partial charge < -0.3 is 15.4 Å². The van der Waals surface area contributed by atoms with Gasteiger partial charge in [0.25, 0.3) is 0 Å². The molecule has 3 amide bonds. The van der Waals surface area contributed by atoms with Gasteiger partial charge in [-0.15, -0.1) is 4.28 Å². The highest BCUT2D eigenvalue weighted by molar-refractivity contribution is 7.81. The van der Waals surface area contributed by atoms with Gasteiger partial charge >= 0.3 is 22.4 Å². The Morgan fingerprint density at radius 1 is 1.15 bits per heavy atom. The summed E-state index contributed by atoms with van der Waals surface area (Å²) in [5.41, 5.74) is 6.46. The molecular weight excluding hydrogens is 466 g/mol. The number of hydroxylamine groups is 2. The van der Waals surface area contributed by atoms with Crippen LogP contribution in [0.3, 0.4) is 0 Å². The maximum absolute atomic E-state index is 12.7. The number of amides is 3. The number of benzene rings is 1. The topological polar surface area (TPSA) is 146 Å². The van der Waals surface area contributed by atoms with Gasteiger partial charge in [0.05, 0.1) is 24.8 Å². The molecule has 11 nitrogen and oxygen atoms in total. The quantitative estimate of drug-likeness (QED) is 0.508. The molecule has 0 saturated carbocycles. The van der Waals surface area contributed by atoms with Crippen molar-refractivity contribution in [3.63, 3.8) is 0 Å². The average Bonchev–Trinajstić information content (AvgIpc) is 2.83. The lowest BCUT2D eigenvalue weighted by Gasteiger charge is -2.29. The second-order valence-electron chi connectivity index (χ2n) is 9.32. The molecule has 1 aliphatic rings. The molecule has 2 atom stereocenters. The highest BCUT2D eigenvalue weighted by Gasteiger charge is 2.38. The average molecular weight is 500 g/mol. The number of nitrogens with zero attached hydrogens (tertiary/aromatic N) is 2. The van der Waals surface area contributed by atoms with Crippen LogP contribution in [-0.4, -0.2) is 68.6 Å². The molecule has 0 aromatic heterocycles. The normalized spacial score (nSPS) is 19.6. The van der Waals surface area contributed by atoms with Crippen molar-refractivity contribution >= 4 is 28.3 Å². The molecule has 1 heterocycles. The van der Waals surface area contributed by atoms with Gasteiger partial charge in [-0.3, -0.25) is 4.79 Å². The van der Waals surface area contributed by atoms with Crippen molar-refractivity contribution in [2.45, 2.75) is 59.5 Å². The zero-order chi connectivity index (χ0) is 25.8. The van der Waals surface area contributed by atoms with Gasteiger partial charge in [0.1, 0.15) is 6.04 Å². The van der Waals surface area contributed by atoms with E-state index in [0.29, 0.717) is 17.0 Å². The van der Waals surface area contributed by atoms with Crippen molar-refractivity contribution in [1.82, 2.24) is 9.96 Å². The highest BCUT2D eigenvalue weighted by Crippen LogP contribution is 2.24. The van der Waals surface area contributed by atoms with E-state index in [-0.39, 0.29) is 19.6 Å². The van der Waals surface area contributed by atoms with E-state index < -0.39 is 45.8 Å². The largest absolute Gasteiger partial charge is 0.461 e. The molecule has 12 heteroatoms. The molecule has 2 rings (SSSR count). The third-order valence-electron chi connectivity index (χ3n) is 5.59. The number of rotatable bonds is 9. The van der Waals surface area contributed by atoms with Crippen LogP contribution in [-0.2, 0) is 28.4 Å². The van der Waals surface area contributed by atoms with Crippen molar-refractivity contribution < 1.29 is 36.0 Å². The Bertz CT molecular complexity index is 1020. The molecule has 0 spiro atoms. The predicted octanol–water partition coefficient (Wildman–Crippen LogP) is 2.07. The third-order valence-corrected chi connectivity index (χ3v) is 6.34. The van der Waals surface area contributed by atoms with Crippen molar-refractivity contribution in [1.29, 1.82) is 0 Å². The van der Waals surface area contributed by atoms with E-state index >= 15 is 0 Å². The lowest BCUT2D eigenvalue weighted by molar-refractivity contribution is -0.122. The number of hydrogen-bond donors (Lipinski definition) is 1. The fourth-order valence-electron chi connectivity index (χ4n) is 3.49. The minimum Gasteiger partial charge on any atom is -0.461 e. The Hall–Kier alpha value is -2.70. The van der Waals surface area contributed by atoms with Gasteiger partial charge in [-0.2, -0.15) is 13.5 Å². The van der Waals surface area contributed by atoms with E-state index in [0.717, 1.165) is 16.0 Å². The zero-order valence-corrected chi connectivity index (χ0v) is 21.2. The summed E-state index contributed by atoms with van der Waals surface area (Å²) in [4.78, 5) is 37.8. The highest BCUT2D eigenvalue weighted by atomic mass is 32.3. The number of esters is 1. The smallest absolute Gasteiger partial charge is 0.421 e. The van der Waals surface area contributed by atoms with Gasteiger partial charge in [0.15, 0.2) is 0 Å². The van der Waals surface area contributed by atoms with Gasteiger partial charge in [0, 0.05) is 12.5 Å². The fourth-order valence-corrected chi connectivity index (χ4v) is 4.40. The number of nitrogens with two attached hydrogens (primary N) is 1. The van der Waals surface area contributed by atoms with Crippen LogP contribution in [0.1, 0.15) is 55.1 Å². The van der Waals surface area contributed by atoms with E-state index in [2.05, 4.69) is 0 Å². The molecule has 0 aliphatic carbocycles. The molecule has 1 aliphatic heterocycles. The Morgan fingerprint density at radius 3 is 2.29 bits per heavy atom. The van der Waals surface area contributed by atoms with Gasteiger partial charge in [-0.25, -0.2) is 13.8 Å². The Balaban J connectivity index is 1.99. The number of likely N-dealkylation sites (N-methyl/N-ethyl adjacent to an activating group) is 1. The molecule has 2 N–H and O–H groups in total. The van der Waals surface area contributed by atoms with Crippen LogP contribution in [0.2, 0.25) is 0 Å². The number of ether oxygens (including phenoxy) is 1. The Morgan fingerprint density at radius 2 is 1.74 bits per heavy atom. The SMILES string of the molecule is Cc1cccc(C)c1C(=O)OCC(C)(C)COS(=O)(=O)ON1C(=O)N(C)[C@H](C(N)=O)CC[C@@H]1C. The van der Waals surface area contributed by atoms with Crippen LogP contribution in [0.15, 0.2) is 18.2 Å². The first-order valence-corrected chi connectivity index (χ1v) is 12.2. The molecule has 0 bridgehead atoms. The first kappa shape index (κ1) is 27.5. The predicted molar refractivity (Wildman–Crippen MR) is 123 cm³/mol. The summed E-state index contributed by atoms with van der Waals surface area (Å²) < 4.78 is 40.2. The summed E-state index contributed by atoms with van der Waals surface area (Å²) >= 11 is 0. The number of primary amides is 1. The van der Waals surface area contributed by atoms with Crippen LogP contribution in [0.25, 0.3) is 0 Å². The van der Waals surface area contributed by atoms with E-state index in [1.807, 2.05) is 6.07 Å². The summed E-state index contributed by atoms with van der Waals surface area (Å²) in [5.74, 6) is -1.21. The van der Waals surface area contributed by atoms with Gasteiger partial charge in [0.2, 0.25) is 5.91 Å². The standard InChI is InChI=1S/C22H33N3O8S/c1-14-8-7-9-15(2)18(14)20(27)31-12-22(4,5)13-32-34(29,30)33-25-16(3)10-11-17(19(23)26)24(6)21(25)28/h7-9,16-17H,10-13H2,1-6H3,(H2,23,26)/t16-,17-/m0/s1. The maximum atomic E-state index is 12.7. The van der Waals surface area contributed by atoms with Crippen molar-refractivity contribution in [3.8, 4) is 0 Å². The molecular formula is C22H33N3O8S. The summed E-state index contributed by atoms with van der Waals surface area (Å²) in [6.07, 6.45) is 0.553. The monoisotopic (exact) mass is 499 g/mol. The number of carbonyl (C=O) groups is 3. The molecule has 1 saturated heterocycles. The number of urea groups is 1. The lowest BCUT2D eigenvalue weighted by Crippen LogP contribution is -2.50. The fraction of sp³-hybridized carbons (Fsp3) is 0.591. The second-order valence-corrected chi connectivity index (χ2v) is 10.5. The third kappa shape index (κ3) is 6.90. The second kappa shape index (κ2) is 10.7. The first-order valence-electron chi connectivity index (χ1n) is 10.8. The van der Waals surface area contributed by atoms with E-state index in [4.69, 9.17) is 18.9 Å². The minimum atomic E-state index is -4.64. The maximum Gasteiger partial charge on any atom is 0.421 e. The Kier molecular flexibility index (Phi) is 8.67. The summed E-state index contributed by atoms with van der Waals surface area (Å²) in [7, 11) is -3.30. The molecule has 190 valence electrons. The van der Waals surface area contributed by atoms with Crippen molar-refractivity contribution in [2.75, 3.05) is 20.3 Å². The van der Waals surface area contributed by atoms with E-state index in [9.17, 15) is 22.8 Å². The van der Waals surface area contributed by atoms with Crippen LogP contribution in [0, 0.1) is 19.3 Å². The number of hydrogen-bond acceptors (Lipinski definition) is 8. The minimum absolute atomic E-state index is 0.114. The molecule has 34 heavy (non-hydrogen) atoms. The van der Waals surface area contributed by atoms with Gasteiger partial charge in [-0.1, -0.05) is 32.0 Å². The van der Waals surface area contributed by atoms with Crippen LogP contribution >= 0.6 is 0 Å². The Labute approximate surface area is 200 Å². The zero-order valence-electron chi connectivity index (χ0n) is 20.4. The molecule has 0 radical (unpaired) electrons. The van der Waals surface area contributed by atoms with Crippen LogP contribution in [0.4, 0.5) is 4.79 Å². The van der Waals surface area contributed by atoms with Crippen LogP contribution in [0.5, 0.6) is 0 Å². The summed E-state index contributed by atoms with van der Waals surface area (Å²) in [6.45, 7) is 8.02. The lowest BCUT2D eigenvalue weighted by atomic mass is 9.96. The molecule has 0 unspecified atom stereocenters. The molecule has 1 aromatic rings. The van der Waals surface area contributed by atoms with E-state index in [1.165, 1.54) is 7.05 Å². The first-order chi connectivity index (χ1) is 15.6. The molecule has 1 fully saturated rings. The molecule has 1 aromatic carbocycles. The number of aryl methyl sites for hydroxylation is 2. The van der Waals surface area contributed by atoms with E-state index in [1.54, 1.807) is 46.8 Å². The number of carbonyl (C=O) groups excluding carboxylic acids is 3. The summed E-state index contributed by atoms with van der Waals surface area (Å²) in [5, 5.41) is 0.659. The van der Waals surface area contributed by atoms with Crippen molar-refractivity contribution in [2.24, 2.45) is 11.1 Å². The van der Waals surface area contributed by atoms with Crippen molar-refractivity contribution in [3.05, 3.63) is 34.9 Å². The van der Waals surface area contributed by atoms with Crippen LogP contribution < -0.4 is 5.73 Å².